The Hall–Kier alpha value is -2.10. The number of hydrogen-bond acceptors (Lipinski definition) is 3. The SMILES string of the molecule is Cc1ccc(CNC(=O)CCNS(=O)(=O)c2ccc(Cl)c(C(F)(F)F)c2)cc1. The monoisotopic (exact) mass is 434 g/mol. The van der Waals surface area contributed by atoms with Gasteiger partial charge in [-0.25, -0.2) is 13.1 Å². The second kappa shape index (κ2) is 8.93. The molecule has 0 aliphatic carbocycles. The third-order valence-electron chi connectivity index (χ3n) is 3.81. The van der Waals surface area contributed by atoms with Crippen molar-refractivity contribution in [3.05, 3.63) is 64.2 Å². The molecule has 28 heavy (non-hydrogen) atoms. The van der Waals surface area contributed by atoms with Crippen molar-refractivity contribution in [2.24, 2.45) is 0 Å². The molecular weight excluding hydrogens is 417 g/mol. The topological polar surface area (TPSA) is 75.3 Å². The lowest BCUT2D eigenvalue weighted by Crippen LogP contribution is -2.30. The van der Waals surface area contributed by atoms with E-state index in [0.717, 1.165) is 23.3 Å². The summed E-state index contributed by atoms with van der Waals surface area (Å²) >= 11 is 5.48. The summed E-state index contributed by atoms with van der Waals surface area (Å²) in [4.78, 5) is 11.2. The van der Waals surface area contributed by atoms with Crippen molar-refractivity contribution in [3.63, 3.8) is 0 Å². The summed E-state index contributed by atoms with van der Waals surface area (Å²) in [6, 6.07) is 9.81. The van der Waals surface area contributed by atoms with Gasteiger partial charge in [-0.2, -0.15) is 13.2 Å². The lowest BCUT2D eigenvalue weighted by Gasteiger charge is -2.12. The van der Waals surface area contributed by atoms with Crippen molar-refractivity contribution < 1.29 is 26.4 Å². The van der Waals surface area contributed by atoms with Crippen LogP contribution in [0.5, 0.6) is 0 Å². The van der Waals surface area contributed by atoms with Crippen LogP contribution in [0.25, 0.3) is 0 Å². The Morgan fingerprint density at radius 2 is 1.75 bits per heavy atom. The minimum atomic E-state index is -4.78. The molecule has 0 unspecified atom stereocenters. The maximum Gasteiger partial charge on any atom is 0.417 e. The van der Waals surface area contributed by atoms with Crippen LogP contribution in [0, 0.1) is 6.92 Å². The highest BCUT2D eigenvalue weighted by molar-refractivity contribution is 7.89. The van der Waals surface area contributed by atoms with E-state index in [1.165, 1.54) is 0 Å². The van der Waals surface area contributed by atoms with Gasteiger partial charge in [-0.05, 0) is 30.7 Å². The molecule has 10 heteroatoms. The van der Waals surface area contributed by atoms with Crippen LogP contribution < -0.4 is 10.0 Å². The van der Waals surface area contributed by atoms with Gasteiger partial charge >= 0.3 is 6.18 Å². The number of carbonyl (C=O) groups is 1. The van der Waals surface area contributed by atoms with Gasteiger partial charge in [-0.1, -0.05) is 41.4 Å². The number of amides is 1. The van der Waals surface area contributed by atoms with Crippen LogP contribution in [0.3, 0.4) is 0 Å². The first-order chi connectivity index (χ1) is 13.0. The summed E-state index contributed by atoms with van der Waals surface area (Å²) in [6.07, 6.45) is -4.94. The standard InChI is InChI=1S/C18H18ClF3N2O3S/c1-12-2-4-13(5-3-12)11-23-17(25)8-9-24-28(26,27)14-6-7-16(19)15(10-14)18(20,21)22/h2-7,10,24H,8-9,11H2,1H3,(H,23,25). The summed E-state index contributed by atoms with van der Waals surface area (Å²) < 4.78 is 65.0. The highest BCUT2D eigenvalue weighted by Crippen LogP contribution is 2.35. The fourth-order valence-corrected chi connectivity index (χ4v) is 3.55. The number of hydrogen-bond donors (Lipinski definition) is 2. The second-order valence-electron chi connectivity index (χ2n) is 6.05. The average molecular weight is 435 g/mol. The minimum absolute atomic E-state index is 0.162. The predicted molar refractivity (Wildman–Crippen MR) is 99.3 cm³/mol. The van der Waals surface area contributed by atoms with E-state index in [1.54, 1.807) is 0 Å². The molecule has 0 heterocycles. The van der Waals surface area contributed by atoms with Gasteiger partial charge in [0.15, 0.2) is 0 Å². The van der Waals surface area contributed by atoms with Crippen molar-refractivity contribution in [1.82, 2.24) is 10.0 Å². The van der Waals surface area contributed by atoms with E-state index in [4.69, 9.17) is 11.6 Å². The number of sulfonamides is 1. The summed E-state index contributed by atoms with van der Waals surface area (Å²) in [5.74, 6) is -0.393. The summed E-state index contributed by atoms with van der Waals surface area (Å²) in [6.45, 7) is 1.97. The van der Waals surface area contributed by atoms with Crippen LogP contribution >= 0.6 is 11.6 Å². The number of carbonyl (C=O) groups excluding carboxylic acids is 1. The van der Waals surface area contributed by atoms with E-state index >= 15 is 0 Å². The number of nitrogens with one attached hydrogen (secondary N) is 2. The number of rotatable bonds is 7. The Bertz CT molecular complexity index is 946. The third-order valence-corrected chi connectivity index (χ3v) is 5.60. The molecule has 1 amide bonds. The molecule has 0 aliphatic rings. The Kier molecular flexibility index (Phi) is 7.08. The van der Waals surface area contributed by atoms with E-state index in [9.17, 15) is 26.4 Å². The van der Waals surface area contributed by atoms with Gasteiger partial charge in [-0.3, -0.25) is 4.79 Å². The van der Waals surface area contributed by atoms with Crippen molar-refractivity contribution in [1.29, 1.82) is 0 Å². The van der Waals surface area contributed by atoms with Crippen LogP contribution in [0.4, 0.5) is 13.2 Å². The Morgan fingerprint density at radius 1 is 1.11 bits per heavy atom. The van der Waals surface area contributed by atoms with Gasteiger partial charge in [0.1, 0.15) is 0 Å². The molecule has 0 radical (unpaired) electrons. The molecule has 0 saturated carbocycles. The molecule has 0 spiro atoms. The number of alkyl halides is 3. The first-order valence-corrected chi connectivity index (χ1v) is 10.0. The molecule has 2 rings (SSSR count). The molecule has 0 saturated heterocycles. The van der Waals surface area contributed by atoms with E-state index in [-0.39, 0.29) is 19.5 Å². The maximum absolute atomic E-state index is 12.9. The number of halogens is 4. The summed E-state index contributed by atoms with van der Waals surface area (Å²) in [5, 5.41) is 2.05. The second-order valence-corrected chi connectivity index (χ2v) is 8.22. The summed E-state index contributed by atoms with van der Waals surface area (Å²) in [5.41, 5.74) is 0.730. The lowest BCUT2D eigenvalue weighted by atomic mass is 10.1. The molecule has 0 atom stereocenters. The third kappa shape index (κ3) is 6.22. The fraction of sp³-hybridized carbons (Fsp3) is 0.278. The zero-order valence-electron chi connectivity index (χ0n) is 14.8. The molecule has 152 valence electrons. The van der Waals surface area contributed by atoms with Gasteiger partial charge in [-0.15, -0.1) is 0 Å². The molecule has 5 nitrogen and oxygen atoms in total. The van der Waals surface area contributed by atoms with E-state index in [0.29, 0.717) is 6.07 Å². The van der Waals surface area contributed by atoms with Crippen molar-refractivity contribution >= 4 is 27.5 Å². The Balaban J connectivity index is 1.91. The summed E-state index contributed by atoms with van der Waals surface area (Å²) in [7, 11) is -4.22. The van der Waals surface area contributed by atoms with Crippen LogP contribution in [0.1, 0.15) is 23.1 Å². The highest BCUT2D eigenvalue weighted by atomic mass is 35.5. The molecule has 2 aromatic carbocycles. The van der Waals surface area contributed by atoms with Crippen molar-refractivity contribution in [2.75, 3.05) is 6.54 Å². The largest absolute Gasteiger partial charge is 0.417 e. The zero-order chi connectivity index (χ0) is 20.9. The van der Waals surface area contributed by atoms with Crippen molar-refractivity contribution in [2.45, 2.75) is 31.0 Å². The maximum atomic E-state index is 12.9. The van der Waals surface area contributed by atoms with E-state index < -0.39 is 37.6 Å². The van der Waals surface area contributed by atoms with Gasteiger partial charge in [0.05, 0.1) is 15.5 Å². The van der Waals surface area contributed by atoms with Gasteiger partial charge in [0, 0.05) is 19.5 Å². The molecular formula is C18H18ClF3N2O3S. The van der Waals surface area contributed by atoms with Crippen LogP contribution in [0.15, 0.2) is 47.4 Å². The molecule has 2 aromatic rings. The smallest absolute Gasteiger partial charge is 0.352 e. The fourth-order valence-electron chi connectivity index (χ4n) is 2.27. The average Bonchev–Trinajstić information content (AvgIpc) is 2.60. The molecule has 0 bridgehead atoms. The Morgan fingerprint density at radius 3 is 2.36 bits per heavy atom. The molecule has 2 N–H and O–H groups in total. The Labute approximate surface area is 166 Å². The zero-order valence-corrected chi connectivity index (χ0v) is 16.4. The first-order valence-electron chi connectivity index (χ1n) is 8.18. The minimum Gasteiger partial charge on any atom is -0.352 e. The van der Waals surface area contributed by atoms with Gasteiger partial charge < -0.3 is 5.32 Å². The molecule has 0 fully saturated rings. The quantitative estimate of drug-likeness (QED) is 0.698. The van der Waals surface area contributed by atoms with Gasteiger partial charge in [0.2, 0.25) is 15.9 Å². The number of aryl methyl sites for hydroxylation is 1. The van der Waals surface area contributed by atoms with E-state index in [2.05, 4.69) is 10.0 Å². The van der Waals surface area contributed by atoms with Crippen LogP contribution in [-0.2, 0) is 27.5 Å². The van der Waals surface area contributed by atoms with Crippen LogP contribution in [-0.4, -0.2) is 20.9 Å². The predicted octanol–water partition coefficient (Wildman–Crippen LogP) is 3.65. The molecule has 0 aliphatic heterocycles. The molecule has 0 aromatic heterocycles. The first kappa shape index (κ1) is 22.2. The normalized spacial score (nSPS) is 12.0. The highest BCUT2D eigenvalue weighted by Gasteiger charge is 2.34. The van der Waals surface area contributed by atoms with Crippen molar-refractivity contribution in [3.8, 4) is 0 Å². The van der Waals surface area contributed by atoms with Crippen LogP contribution in [0.2, 0.25) is 5.02 Å². The van der Waals surface area contributed by atoms with E-state index in [1.807, 2.05) is 31.2 Å². The number of benzene rings is 2. The lowest BCUT2D eigenvalue weighted by molar-refractivity contribution is -0.137. The van der Waals surface area contributed by atoms with Gasteiger partial charge in [0.25, 0.3) is 0 Å².